The van der Waals surface area contributed by atoms with E-state index in [9.17, 15) is 16.8 Å². The Labute approximate surface area is 155 Å². The van der Waals surface area contributed by atoms with Crippen molar-refractivity contribution >= 4 is 42.3 Å². The summed E-state index contributed by atoms with van der Waals surface area (Å²) in [6, 6.07) is 7.16. The lowest BCUT2D eigenvalue weighted by Gasteiger charge is -1.95. The maximum atomic E-state index is 10.7. The van der Waals surface area contributed by atoms with Crippen LogP contribution in [0.25, 0.3) is 22.1 Å². The van der Waals surface area contributed by atoms with Gasteiger partial charge in [0.25, 0.3) is 20.2 Å². The Balaban J connectivity index is 0.000000161. The van der Waals surface area contributed by atoms with Gasteiger partial charge in [0.1, 0.15) is 22.1 Å². The molecule has 0 aliphatic carbocycles. The zero-order valence-corrected chi connectivity index (χ0v) is 15.0. The molecule has 2 heterocycles. The fourth-order valence-corrected chi connectivity index (χ4v) is 3.10. The first-order valence-electron chi connectivity index (χ1n) is 7.01. The van der Waals surface area contributed by atoms with Crippen molar-refractivity contribution in [2.75, 3.05) is 0 Å². The van der Waals surface area contributed by atoms with Gasteiger partial charge in [0, 0.05) is 0 Å². The molecule has 4 N–H and O–H groups in total. The first-order valence-corrected chi connectivity index (χ1v) is 9.89. The van der Waals surface area contributed by atoms with Crippen LogP contribution in [0.2, 0.25) is 0 Å². The molecule has 2 aromatic heterocycles. The van der Waals surface area contributed by atoms with Crippen molar-refractivity contribution in [1.29, 1.82) is 0 Å². The number of hydrogen-bond acceptors (Lipinski definition) is 10. The van der Waals surface area contributed by atoms with E-state index >= 15 is 0 Å². The number of hydrogen-bond donors (Lipinski definition) is 4. The lowest BCUT2D eigenvalue weighted by Crippen LogP contribution is -1.98. The zero-order valence-electron chi connectivity index (χ0n) is 13.4. The van der Waals surface area contributed by atoms with Crippen LogP contribution >= 0.6 is 0 Å². The highest BCUT2D eigenvalue weighted by atomic mass is 32.2. The van der Waals surface area contributed by atoms with Gasteiger partial charge < -0.3 is 10.4 Å². The quantitative estimate of drug-likeness (QED) is 0.241. The lowest BCUT2D eigenvalue weighted by molar-refractivity contribution is 0.154. The Hall–Kier alpha value is -3.34. The second-order valence-electron chi connectivity index (χ2n) is 5.21. The fourth-order valence-electron chi connectivity index (χ4n) is 2.09. The molecule has 0 fully saturated rings. The number of rotatable bonds is 2. The fraction of sp³-hybridized carbons (Fsp3) is 0. The first-order chi connectivity index (χ1) is 13.0. The molecule has 0 saturated heterocycles. The minimum Gasteiger partial charge on any atom is -0.410 e. The third-order valence-electron chi connectivity index (χ3n) is 3.39. The average molecular weight is 430 g/mol. The molecule has 0 aliphatic rings. The second kappa shape index (κ2) is 6.68. The van der Waals surface area contributed by atoms with Crippen molar-refractivity contribution in [1.82, 2.24) is 30.3 Å². The second-order valence-corrected chi connectivity index (χ2v) is 8.05. The molecule has 28 heavy (non-hydrogen) atoms. The highest BCUT2D eigenvalue weighted by Gasteiger charge is 2.13. The predicted molar refractivity (Wildman–Crippen MR) is 89.1 cm³/mol. The molecule has 0 saturated carbocycles. The molecule has 0 unspecified atom stereocenters. The van der Waals surface area contributed by atoms with Gasteiger partial charge in [-0.15, -0.1) is 10.2 Å². The zero-order chi connectivity index (χ0) is 20.7. The van der Waals surface area contributed by atoms with Crippen LogP contribution in [0.15, 0.2) is 46.2 Å². The third-order valence-corrected chi connectivity index (χ3v) is 5.09. The average Bonchev–Trinajstić information content (AvgIpc) is 3.17. The van der Waals surface area contributed by atoms with E-state index in [1.54, 1.807) is 0 Å². The third kappa shape index (κ3) is 3.83. The summed E-state index contributed by atoms with van der Waals surface area (Å²) in [4.78, 5) is 0.235. The van der Waals surface area contributed by atoms with Gasteiger partial charge in [0.05, 0.1) is 9.79 Å². The summed E-state index contributed by atoms with van der Waals surface area (Å²) < 4.78 is 60.4. The van der Waals surface area contributed by atoms with Gasteiger partial charge in [-0.2, -0.15) is 16.8 Å². The largest absolute Gasteiger partial charge is 0.410 e. The number of nitrogens with zero attached hydrogens (tertiary/aromatic N) is 6. The predicted octanol–water partition coefficient (Wildman–Crippen LogP) is -0.169. The van der Waals surface area contributed by atoms with Crippen molar-refractivity contribution < 1.29 is 36.4 Å². The van der Waals surface area contributed by atoms with E-state index in [-0.39, 0.29) is 20.8 Å². The minimum atomic E-state index is -4.27. The molecular weight excluding hydrogens is 420 g/mol. The molecule has 2 aromatic carbocycles. The van der Waals surface area contributed by atoms with E-state index < -0.39 is 20.2 Å². The standard InChI is InChI=1S/2C6H5N3O4S/c2*10-9-6-3-4(14(11,12)13)1-2-5(6)7-8-9/h2*1-3,10H,(H,11,12,13). The molecule has 0 radical (unpaired) electrons. The Kier molecular flexibility index (Phi) is 4.63. The van der Waals surface area contributed by atoms with Crippen LogP contribution in [0, 0.1) is 0 Å². The highest BCUT2D eigenvalue weighted by Crippen LogP contribution is 2.16. The molecule has 0 atom stereocenters. The summed E-state index contributed by atoms with van der Waals surface area (Å²) >= 11 is 0. The normalized spacial score (nSPS) is 12.1. The van der Waals surface area contributed by atoms with Crippen molar-refractivity contribution in [3.8, 4) is 0 Å². The molecule has 148 valence electrons. The van der Waals surface area contributed by atoms with E-state index in [4.69, 9.17) is 19.5 Å². The van der Waals surface area contributed by atoms with E-state index in [1.807, 2.05) is 0 Å². The molecule has 0 spiro atoms. The highest BCUT2D eigenvalue weighted by molar-refractivity contribution is 7.86. The topological polar surface area (TPSA) is 211 Å². The van der Waals surface area contributed by atoms with Gasteiger partial charge in [0.2, 0.25) is 0 Å². The van der Waals surface area contributed by atoms with Gasteiger partial charge in [0.15, 0.2) is 0 Å². The summed E-state index contributed by atoms with van der Waals surface area (Å²) in [6.07, 6.45) is 0. The Morgan fingerprint density at radius 2 is 1.04 bits per heavy atom. The van der Waals surface area contributed by atoms with E-state index in [1.165, 1.54) is 24.3 Å². The van der Waals surface area contributed by atoms with E-state index in [0.717, 1.165) is 12.1 Å². The summed E-state index contributed by atoms with van der Waals surface area (Å²) in [5.74, 6) is 0. The van der Waals surface area contributed by atoms with Crippen LogP contribution in [0.1, 0.15) is 0 Å². The van der Waals surface area contributed by atoms with Crippen molar-refractivity contribution in [3.63, 3.8) is 0 Å². The Bertz CT molecular complexity index is 1280. The summed E-state index contributed by atoms with van der Waals surface area (Å²) in [5.41, 5.74) is 0.889. The van der Waals surface area contributed by atoms with Crippen LogP contribution in [0.4, 0.5) is 0 Å². The van der Waals surface area contributed by atoms with Crippen LogP contribution in [0.5, 0.6) is 0 Å². The molecule has 4 rings (SSSR count). The number of benzene rings is 2. The monoisotopic (exact) mass is 430 g/mol. The van der Waals surface area contributed by atoms with Crippen LogP contribution < -0.4 is 0 Å². The van der Waals surface area contributed by atoms with Crippen molar-refractivity contribution in [3.05, 3.63) is 36.4 Å². The van der Waals surface area contributed by atoms with Gasteiger partial charge >= 0.3 is 0 Å². The van der Waals surface area contributed by atoms with Crippen LogP contribution in [-0.4, -0.2) is 66.7 Å². The maximum Gasteiger partial charge on any atom is 0.294 e. The first kappa shape index (κ1) is 19.4. The van der Waals surface area contributed by atoms with Crippen LogP contribution in [0.3, 0.4) is 0 Å². The van der Waals surface area contributed by atoms with E-state index in [2.05, 4.69) is 20.6 Å². The van der Waals surface area contributed by atoms with Crippen molar-refractivity contribution in [2.24, 2.45) is 0 Å². The van der Waals surface area contributed by atoms with Crippen LogP contribution in [-0.2, 0) is 20.2 Å². The molecule has 16 heteroatoms. The summed E-state index contributed by atoms with van der Waals surface area (Å²) in [7, 11) is -8.54. The Morgan fingerprint density at radius 3 is 1.36 bits per heavy atom. The smallest absolute Gasteiger partial charge is 0.294 e. The summed E-state index contributed by atoms with van der Waals surface area (Å²) in [5, 5.41) is 31.7. The molecule has 4 aromatic rings. The summed E-state index contributed by atoms with van der Waals surface area (Å²) in [6.45, 7) is 0. The number of fused-ring (bicyclic) bond motifs is 2. The maximum absolute atomic E-state index is 10.7. The van der Waals surface area contributed by atoms with Gasteiger partial charge in [-0.1, -0.05) is 9.69 Å². The Morgan fingerprint density at radius 1 is 0.679 bits per heavy atom. The molecule has 0 aliphatic heterocycles. The molecular formula is C12H10N6O8S2. The molecule has 0 bridgehead atoms. The molecule has 14 nitrogen and oxygen atoms in total. The SMILES string of the molecule is O=S(=O)(O)c1ccc2nnn(O)c2c1.O=S(=O)(O)c1ccc2nnn(O)c2c1. The lowest BCUT2D eigenvalue weighted by atomic mass is 10.3. The van der Waals surface area contributed by atoms with Gasteiger partial charge in [-0.05, 0) is 46.8 Å². The van der Waals surface area contributed by atoms with E-state index in [0.29, 0.717) is 20.7 Å². The number of aromatic nitrogens is 6. The molecule has 0 amide bonds. The van der Waals surface area contributed by atoms with Gasteiger partial charge in [-0.3, -0.25) is 9.11 Å². The van der Waals surface area contributed by atoms with Gasteiger partial charge in [-0.25, -0.2) is 0 Å². The van der Waals surface area contributed by atoms with Crippen molar-refractivity contribution in [2.45, 2.75) is 9.79 Å². The minimum absolute atomic E-state index is 0.111.